The zero-order valence-electron chi connectivity index (χ0n) is 32.4. The Hall–Kier alpha value is -6.61. The molecule has 0 radical (unpaired) electrons. The molecule has 0 saturated heterocycles. The lowest BCUT2D eigenvalue weighted by molar-refractivity contribution is 0.660. The molecular formula is C56H39NS. The number of hydrogen-bond donors (Lipinski definition) is 0. The fourth-order valence-corrected chi connectivity index (χ4v) is 11.7. The molecule has 0 amide bonds. The Morgan fingerprint density at radius 1 is 0.379 bits per heavy atom. The number of fused-ring (bicyclic) bond motifs is 14. The first-order valence-electron chi connectivity index (χ1n) is 20.3. The predicted molar refractivity (Wildman–Crippen MR) is 243 cm³/mol. The third kappa shape index (κ3) is 4.61. The maximum absolute atomic E-state index is 2.52. The van der Waals surface area contributed by atoms with Gasteiger partial charge in [-0.2, -0.15) is 0 Å². The summed E-state index contributed by atoms with van der Waals surface area (Å²) in [6.07, 6.45) is 0. The predicted octanol–water partition coefficient (Wildman–Crippen LogP) is 15.1. The molecule has 1 heterocycles. The van der Waals surface area contributed by atoms with Gasteiger partial charge in [-0.05, 0) is 126 Å². The largest absolute Gasteiger partial charge is 0.310 e. The number of benzene rings is 9. The van der Waals surface area contributed by atoms with Crippen LogP contribution in [0.5, 0.6) is 0 Å². The third-order valence-electron chi connectivity index (χ3n) is 13.1. The van der Waals surface area contributed by atoms with Crippen LogP contribution in [-0.2, 0) is 10.8 Å². The number of rotatable bonds is 4. The van der Waals surface area contributed by atoms with Crippen molar-refractivity contribution < 1.29 is 0 Å². The van der Waals surface area contributed by atoms with Crippen LogP contribution in [0.1, 0.15) is 47.2 Å². The van der Waals surface area contributed by atoms with Gasteiger partial charge < -0.3 is 4.90 Å². The maximum Gasteiger partial charge on any atom is 0.0736 e. The highest BCUT2D eigenvalue weighted by Crippen LogP contribution is 2.64. The summed E-state index contributed by atoms with van der Waals surface area (Å²) in [5.41, 5.74) is 18.7. The van der Waals surface area contributed by atoms with E-state index < -0.39 is 5.41 Å². The molecule has 0 unspecified atom stereocenters. The van der Waals surface area contributed by atoms with Crippen LogP contribution in [-0.4, -0.2) is 0 Å². The van der Waals surface area contributed by atoms with Crippen LogP contribution < -0.4 is 4.90 Å². The number of anilines is 3. The van der Waals surface area contributed by atoms with Gasteiger partial charge >= 0.3 is 0 Å². The monoisotopic (exact) mass is 757 g/mol. The molecule has 1 nitrogen and oxygen atoms in total. The highest BCUT2D eigenvalue weighted by molar-refractivity contribution is 7.99. The lowest BCUT2D eigenvalue weighted by Crippen LogP contribution is -2.32. The summed E-state index contributed by atoms with van der Waals surface area (Å²) in [6.45, 7) is 4.74. The van der Waals surface area contributed by atoms with Crippen LogP contribution in [0.15, 0.2) is 210 Å². The molecule has 1 aliphatic heterocycles. The van der Waals surface area contributed by atoms with E-state index >= 15 is 0 Å². The van der Waals surface area contributed by atoms with Gasteiger partial charge in [0.25, 0.3) is 0 Å². The molecule has 1 spiro atoms. The molecule has 0 saturated carbocycles. The fraction of sp³-hybridized carbons (Fsp3) is 0.0714. The SMILES string of the molecule is CC1(C)c2ccccc2-c2ccc(N(c3ccc(-c4ccccc4)cc3)c3ccc4c(c3)C3(c5ccccc5Sc5ccccc53)c3ccc5ccccc5c3-4)cc21. The molecular weight excluding hydrogens is 719 g/mol. The topological polar surface area (TPSA) is 3.24 Å². The fourth-order valence-electron chi connectivity index (χ4n) is 10.5. The van der Waals surface area contributed by atoms with Crippen LogP contribution in [0.4, 0.5) is 17.1 Å². The Morgan fingerprint density at radius 2 is 0.931 bits per heavy atom. The Morgan fingerprint density at radius 3 is 1.67 bits per heavy atom. The summed E-state index contributed by atoms with van der Waals surface area (Å²) in [6, 6.07) is 75.0. The first-order chi connectivity index (χ1) is 28.5. The smallest absolute Gasteiger partial charge is 0.0736 e. The molecule has 9 aromatic rings. The molecule has 0 N–H and O–H groups in total. The highest BCUT2D eigenvalue weighted by Gasteiger charge is 2.51. The Balaban J connectivity index is 1.13. The number of hydrogen-bond acceptors (Lipinski definition) is 2. The molecule has 9 aromatic carbocycles. The zero-order chi connectivity index (χ0) is 38.6. The zero-order valence-corrected chi connectivity index (χ0v) is 33.2. The van der Waals surface area contributed by atoms with Crippen LogP contribution >= 0.6 is 11.8 Å². The van der Waals surface area contributed by atoms with E-state index in [1.165, 1.54) is 87.3 Å². The average Bonchev–Trinajstić information content (AvgIpc) is 3.69. The first kappa shape index (κ1) is 33.5. The molecule has 12 rings (SSSR count). The molecule has 0 fully saturated rings. The summed E-state index contributed by atoms with van der Waals surface area (Å²) in [4.78, 5) is 5.11. The van der Waals surface area contributed by atoms with E-state index in [-0.39, 0.29) is 5.41 Å². The van der Waals surface area contributed by atoms with E-state index in [2.05, 4.69) is 219 Å². The van der Waals surface area contributed by atoms with Crippen LogP contribution in [0, 0.1) is 0 Å². The average molecular weight is 758 g/mol. The third-order valence-corrected chi connectivity index (χ3v) is 14.3. The molecule has 58 heavy (non-hydrogen) atoms. The van der Waals surface area contributed by atoms with Crippen molar-refractivity contribution in [3.05, 3.63) is 234 Å². The number of nitrogens with zero attached hydrogens (tertiary/aromatic N) is 1. The van der Waals surface area contributed by atoms with Crippen LogP contribution in [0.25, 0.3) is 44.2 Å². The standard InChI is InChI=1S/C56H39NS/c1-55(2)46-19-9-8-18-43(46)44-31-29-40(34-50(44)55)57(39-27-24-37(25-28-39)36-14-4-3-5-15-36)41-30-32-45-51(35-41)56(49-33-26-38-16-6-7-17-42(38)54(45)49)47-20-10-12-22-52(47)58-53-23-13-11-21-48(53)56/h3-35H,1-2H3. The van der Waals surface area contributed by atoms with Gasteiger partial charge in [0.2, 0.25) is 0 Å². The highest BCUT2D eigenvalue weighted by atomic mass is 32.2. The van der Waals surface area contributed by atoms with E-state index in [4.69, 9.17) is 0 Å². The minimum absolute atomic E-state index is 0.122. The van der Waals surface area contributed by atoms with E-state index in [9.17, 15) is 0 Å². The summed E-state index contributed by atoms with van der Waals surface area (Å²) in [7, 11) is 0. The molecule has 2 heteroatoms. The van der Waals surface area contributed by atoms with E-state index in [0.717, 1.165) is 17.1 Å². The van der Waals surface area contributed by atoms with Crippen molar-refractivity contribution in [1.82, 2.24) is 0 Å². The molecule has 0 aromatic heterocycles. The van der Waals surface area contributed by atoms with Crippen molar-refractivity contribution in [3.8, 4) is 33.4 Å². The summed E-state index contributed by atoms with van der Waals surface area (Å²) < 4.78 is 0. The lowest BCUT2D eigenvalue weighted by Gasteiger charge is -2.40. The molecule has 274 valence electrons. The molecule has 3 aliphatic rings. The van der Waals surface area contributed by atoms with E-state index in [1.54, 1.807) is 0 Å². The van der Waals surface area contributed by atoms with Gasteiger partial charge in [0.1, 0.15) is 0 Å². The minimum Gasteiger partial charge on any atom is -0.310 e. The van der Waals surface area contributed by atoms with Gasteiger partial charge in [-0.15, -0.1) is 0 Å². The van der Waals surface area contributed by atoms with Gasteiger partial charge in [0.05, 0.1) is 5.41 Å². The Kier molecular flexibility index (Phi) is 7.19. The van der Waals surface area contributed by atoms with Crippen molar-refractivity contribution in [2.75, 3.05) is 4.90 Å². The van der Waals surface area contributed by atoms with Crippen molar-refractivity contribution >= 4 is 39.6 Å². The first-order valence-corrected chi connectivity index (χ1v) is 21.1. The normalized spacial score (nSPS) is 14.6. The molecule has 2 aliphatic carbocycles. The van der Waals surface area contributed by atoms with Crippen LogP contribution in [0.3, 0.4) is 0 Å². The van der Waals surface area contributed by atoms with Crippen LogP contribution in [0.2, 0.25) is 0 Å². The van der Waals surface area contributed by atoms with E-state index in [0.29, 0.717) is 0 Å². The van der Waals surface area contributed by atoms with Crippen molar-refractivity contribution in [2.45, 2.75) is 34.5 Å². The lowest BCUT2D eigenvalue weighted by atomic mass is 9.67. The second-order valence-corrected chi connectivity index (χ2v) is 17.5. The van der Waals surface area contributed by atoms with Gasteiger partial charge in [0, 0.05) is 32.3 Å². The Labute approximate surface area is 344 Å². The Bertz CT molecular complexity index is 3080. The van der Waals surface area contributed by atoms with Crippen molar-refractivity contribution in [3.63, 3.8) is 0 Å². The van der Waals surface area contributed by atoms with Crippen molar-refractivity contribution in [2.24, 2.45) is 0 Å². The summed E-state index contributed by atoms with van der Waals surface area (Å²) in [5, 5.41) is 2.56. The van der Waals surface area contributed by atoms with E-state index in [1.807, 2.05) is 11.8 Å². The van der Waals surface area contributed by atoms with Gasteiger partial charge in [-0.25, -0.2) is 0 Å². The summed E-state index contributed by atoms with van der Waals surface area (Å²) >= 11 is 1.90. The summed E-state index contributed by atoms with van der Waals surface area (Å²) in [5.74, 6) is 0. The maximum atomic E-state index is 2.52. The minimum atomic E-state index is -0.493. The molecule has 0 bridgehead atoms. The molecule has 0 atom stereocenters. The van der Waals surface area contributed by atoms with Gasteiger partial charge in [-0.3, -0.25) is 0 Å². The van der Waals surface area contributed by atoms with Gasteiger partial charge in [0.15, 0.2) is 0 Å². The van der Waals surface area contributed by atoms with Gasteiger partial charge in [-0.1, -0.05) is 177 Å². The second-order valence-electron chi connectivity index (χ2n) is 16.4. The van der Waals surface area contributed by atoms with Crippen molar-refractivity contribution in [1.29, 1.82) is 0 Å². The second kappa shape index (κ2) is 12.4. The quantitative estimate of drug-likeness (QED) is 0.176.